The van der Waals surface area contributed by atoms with Gasteiger partial charge in [-0.1, -0.05) is 55.3 Å². The van der Waals surface area contributed by atoms with Crippen LogP contribution in [0.15, 0.2) is 66.0 Å². The number of carbonyl (C=O) groups excluding carboxylic acids is 3. The predicted octanol–water partition coefficient (Wildman–Crippen LogP) is 4.76. The Morgan fingerprint density at radius 3 is 2.46 bits per heavy atom. The molecule has 0 saturated heterocycles. The van der Waals surface area contributed by atoms with Crippen LogP contribution in [0.1, 0.15) is 52.5 Å². The number of amides is 3. The van der Waals surface area contributed by atoms with Gasteiger partial charge in [0.15, 0.2) is 0 Å². The summed E-state index contributed by atoms with van der Waals surface area (Å²) >= 11 is 1.27. The van der Waals surface area contributed by atoms with Gasteiger partial charge in [-0.25, -0.2) is 4.39 Å². The largest absolute Gasteiger partial charge is 0.351 e. The van der Waals surface area contributed by atoms with Gasteiger partial charge in [0.2, 0.25) is 11.8 Å². The highest BCUT2D eigenvalue weighted by Gasteiger charge is 2.34. The zero-order valence-corrected chi connectivity index (χ0v) is 20.3. The van der Waals surface area contributed by atoms with E-state index < -0.39 is 17.8 Å². The SMILES string of the molecule is Cc1ccc(N(C(=O)CNC(=O)c2cccs2)C(C(=O)NC2CCCC2)c2ccccc2)cc1F. The first-order valence-corrected chi connectivity index (χ1v) is 12.6. The van der Waals surface area contributed by atoms with E-state index in [2.05, 4.69) is 10.6 Å². The zero-order valence-electron chi connectivity index (χ0n) is 19.5. The molecule has 1 saturated carbocycles. The molecule has 0 spiro atoms. The molecule has 1 unspecified atom stereocenters. The fourth-order valence-corrected chi connectivity index (χ4v) is 4.95. The third-order valence-corrected chi connectivity index (χ3v) is 7.04. The smallest absolute Gasteiger partial charge is 0.261 e. The van der Waals surface area contributed by atoms with Crippen LogP contribution in [-0.2, 0) is 9.59 Å². The van der Waals surface area contributed by atoms with Gasteiger partial charge in [-0.3, -0.25) is 19.3 Å². The molecule has 2 aromatic carbocycles. The van der Waals surface area contributed by atoms with Gasteiger partial charge < -0.3 is 10.6 Å². The number of nitrogens with zero attached hydrogens (tertiary/aromatic N) is 1. The van der Waals surface area contributed by atoms with Crippen molar-refractivity contribution >= 4 is 34.7 Å². The average Bonchev–Trinajstić information content (AvgIpc) is 3.58. The molecule has 4 rings (SSSR count). The molecule has 3 aromatic rings. The quantitative estimate of drug-likeness (QED) is 0.475. The van der Waals surface area contributed by atoms with Gasteiger partial charge in [0.05, 0.1) is 11.4 Å². The van der Waals surface area contributed by atoms with Crippen molar-refractivity contribution in [2.45, 2.75) is 44.7 Å². The first kappa shape index (κ1) is 24.6. The molecule has 0 radical (unpaired) electrons. The van der Waals surface area contributed by atoms with E-state index in [1.54, 1.807) is 60.8 Å². The molecular weight excluding hydrogens is 465 g/mol. The lowest BCUT2D eigenvalue weighted by molar-refractivity contribution is -0.126. The number of halogens is 1. The number of anilines is 1. The average molecular weight is 494 g/mol. The third kappa shape index (κ3) is 5.95. The summed E-state index contributed by atoms with van der Waals surface area (Å²) < 4.78 is 14.6. The number of aryl methyl sites for hydroxylation is 1. The first-order valence-electron chi connectivity index (χ1n) is 11.7. The van der Waals surface area contributed by atoms with E-state index in [0.29, 0.717) is 16.0 Å². The number of rotatable bonds is 8. The number of carbonyl (C=O) groups is 3. The van der Waals surface area contributed by atoms with E-state index in [1.807, 2.05) is 6.07 Å². The molecule has 8 heteroatoms. The third-order valence-electron chi connectivity index (χ3n) is 6.17. The van der Waals surface area contributed by atoms with E-state index in [0.717, 1.165) is 25.7 Å². The summed E-state index contributed by atoms with van der Waals surface area (Å²) in [6.07, 6.45) is 3.86. The molecular formula is C27H28FN3O3S. The van der Waals surface area contributed by atoms with Crippen LogP contribution in [0.4, 0.5) is 10.1 Å². The summed E-state index contributed by atoms with van der Waals surface area (Å²) in [5, 5.41) is 7.49. The second kappa shape index (κ2) is 11.3. The van der Waals surface area contributed by atoms with Crippen LogP contribution in [-0.4, -0.2) is 30.3 Å². The van der Waals surface area contributed by atoms with Crippen molar-refractivity contribution in [3.63, 3.8) is 0 Å². The summed E-state index contributed by atoms with van der Waals surface area (Å²) in [6, 6.07) is 15.8. The van der Waals surface area contributed by atoms with Crippen molar-refractivity contribution in [2.24, 2.45) is 0 Å². The maximum atomic E-state index is 14.6. The summed E-state index contributed by atoms with van der Waals surface area (Å²) in [5.41, 5.74) is 1.28. The summed E-state index contributed by atoms with van der Waals surface area (Å²) in [5.74, 6) is -1.71. The first-order chi connectivity index (χ1) is 16.9. The van der Waals surface area contributed by atoms with Crippen LogP contribution in [0.25, 0.3) is 0 Å². The van der Waals surface area contributed by atoms with E-state index in [4.69, 9.17) is 0 Å². The van der Waals surface area contributed by atoms with Crippen molar-refractivity contribution in [2.75, 3.05) is 11.4 Å². The lowest BCUT2D eigenvalue weighted by Crippen LogP contribution is -2.49. The number of hydrogen-bond acceptors (Lipinski definition) is 4. The van der Waals surface area contributed by atoms with Gasteiger partial charge in [0, 0.05) is 11.7 Å². The molecule has 2 N–H and O–H groups in total. The highest BCUT2D eigenvalue weighted by atomic mass is 32.1. The summed E-state index contributed by atoms with van der Waals surface area (Å²) in [4.78, 5) is 41.4. The van der Waals surface area contributed by atoms with E-state index in [1.165, 1.54) is 22.3 Å². The Balaban J connectivity index is 1.69. The second-order valence-electron chi connectivity index (χ2n) is 8.66. The van der Waals surface area contributed by atoms with Gasteiger partial charge in [-0.15, -0.1) is 11.3 Å². The Bertz CT molecular complexity index is 1180. The number of hydrogen-bond donors (Lipinski definition) is 2. The normalized spacial score (nSPS) is 14.3. The van der Waals surface area contributed by atoms with Gasteiger partial charge >= 0.3 is 0 Å². The van der Waals surface area contributed by atoms with Gasteiger partial charge in [0.1, 0.15) is 11.9 Å². The Hall–Kier alpha value is -3.52. The summed E-state index contributed by atoms with van der Waals surface area (Å²) in [7, 11) is 0. The molecule has 1 aliphatic carbocycles. The molecule has 1 aliphatic rings. The van der Waals surface area contributed by atoms with Crippen LogP contribution < -0.4 is 15.5 Å². The van der Waals surface area contributed by atoms with Gasteiger partial charge in [0.25, 0.3) is 5.91 Å². The Morgan fingerprint density at radius 1 is 1.06 bits per heavy atom. The van der Waals surface area contributed by atoms with Crippen molar-refractivity contribution in [3.8, 4) is 0 Å². The fourth-order valence-electron chi connectivity index (χ4n) is 4.31. The van der Waals surface area contributed by atoms with Crippen molar-refractivity contribution in [1.82, 2.24) is 10.6 Å². The Morgan fingerprint density at radius 2 is 1.80 bits per heavy atom. The maximum Gasteiger partial charge on any atom is 0.261 e. The van der Waals surface area contributed by atoms with Crippen LogP contribution in [0.2, 0.25) is 0 Å². The fraction of sp³-hybridized carbons (Fsp3) is 0.296. The van der Waals surface area contributed by atoms with E-state index in [9.17, 15) is 18.8 Å². The highest BCUT2D eigenvalue weighted by Crippen LogP contribution is 2.30. The lowest BCUT2D eigenvalue weighted by atomic mass is 10.0. The topological polar surface area (TPSA) is 78.5 Å². The van der Waals surface area contributed by atoms with E-state index in [-0.39, 0.29) is 30.1 Å². The minimum Gasteiger partial charge on any atom is -0.351 e. The van der Waals surface area contributed by atoms with Crippen LogP contribution in [0.3, 0.4) is 0 Å². The van der Waals surface area contributed by atoms with Crippen molar-refractivity contribution < 1.29 is 18.8 Å². The number of nitrogens with one attached hydrogen (secondary N) is 2. The van der Waals surface area contributed by atoms with Crippen LogP contribution in [0, 0.1) is 12.7 Å². The van der Waals surface area contributed by atoms with E-state index >= 15 is 0 Å². The standard InChI is InChI=1S/C27H28FN3O3S/c1-18-13-14-21(16-22(18)28)31(24(32)17-29-26(33)23-12-7-15-35-23)25(19-8-3-2-4-9-19)27(34)30-20-10-5-6-11-20/h2-4,7-9,12-16,20,25H,5-6,10-11,17H2,1H3,(H,29,33)(H,30,34). The van der Waals surface area contributed by atoms with Crippen LogP contribution >= 0.6 is 11.3 Å². The molecule has 0 bridgehead atoms. The minimum atomic E-state index is -1.02. The second-order valence-corrected chi connectivity index (χ2v) is 9.61. The van der Waals surface area contributed by atoms with Crippen molar-refractivity contribution in [1.29, 1.82) is 0 Å². The monoisotopic (exact) mass is 493 g/mol. The molecule has 1 heterocycles. The molecule has 35 heavy (non-hydrogen) atoms. The Labute approximate surface area is 208 Å². The van der Waals surface area contributed by atoms with Gasteiger partial charge in [-0.05, 0) is 54.5 Å². The molecule has 1 fully saturated rings. The lowest BCUT2D eigenvalue weighted by Gasteiger charge is -2.32. The molecule has 182 valence electrons. The van der Waals surface area contributed by atoms with Crippen LogP contribution in [0.5, 0.6) is 0 Å². The molecule has 1 aromatic heterocycles. The maximum absolute atomic E-state index is 14.6. The predicted molar refractivity (Wildman–Crippen MR) is 135 cm³/mol. The molecule has 0 aliphatic heterocycles. The molecule has 6 nitrogen and oxygen atoms in total. The number of benzene rings is 2. The van der Waals surface area contributed by atoms with Crippen molar-refractivity contribution in [3.05, 3.63) is 87.9 Å². The molecule has 3 amide bonds. The molecule has 1 atom stereocenters. The summed E-state index contributed by atoms with van der Waals surface area (Å²) in [6.45, 7) is 1.29. The highest BCUT2D eigenvalue weighted by molar-refractivity contribution is 7.12. The van der Waals surface area contributed by atoms with Gasteiger partial charge in [-0.2, -0.15) is 0 Å². The zero-order chi connectivity index (χ0) is 24.8. The Kier molecular flexibility index (Phi) is 7.92. The number of thiophene rings is 1. The minimum absolute atomic E-state index is 0.0407.